The van der Waals surface area contributed by atoms with Crippen LogP contribution in [0.1, 0.15) is 18.4 Å². The lowest BCUT2D eigenvalue weighted by Crippen LogP contribution is -2.12. The van der Waals surface area contributed by atoms with Gasteiger partial charge in [0.15, 0.2) is 0 Å². The van der Waals surface area contributed by atoms with E-state index in [0.29, 0.717) is 18.2 Å². The van der Waals surface area contributed by atoms with Gasteiger partial charge in [0, 0.05) is 18.6 Å². The molecule has 0 fully saturated rings. The maximum atomic E-state index is 5.34. The third-order valence-electron chi connectivity index (χ3n) is 2.18. The Morgan fingerprint density at radius 2 is 2.18 bits per heavy atom. The zero-order valence-corrected chi connectivity index (χ0v) is 9.47. The summed E-state index contributed by atoms with van der Waals surface area (Å²) in [6.45, 7) is 2.53. The summed E-state index contributed by atoms with van der Waals surface area (Å²) >= 11 is 0. The first-order valence-electron chi connectivity index (χ1n) is 5.29. The van der Waals surface area contributed by atoms with Gasteiger partial charge in [0.05, 0.1) is 6.54 Å². The molecule has 0 bridgehead atoms. The molecule has 0 saturated carbocycles. The fourth-order valence-electron chi connectivity index (χ4n) is 1.33. The van der Waals surface area contributed by atoms with Crippen LogP contribution in [-0.2, 0) is 13.0 Å². The van der Waals surface area contributed by atoms with E-state index in [4.69, 9.17) is 10.4 Å². The number of aromatic nitrogens is 3. The number of hydrogen-bond acceptors (Lipinski definition) is 7. The molecule has 90 valence electrons. The van der Waals surface area contributed by atoms with E-state index in [2.05, 4.69) is 25.9 Å². The van der Waals surface area contributed by atoms with Gasteiger partial charge in [0.25, 0.3) is 0 Å². The Morgan fingerprint density at radius 3 is 2.82 bits per heavy atom. The highest BCUT2D eigenvalue weighted by Gasteiger charge is 2.03. The second-order valence-electron chi connectivity index (χ2n) is 3.40. The van der Waals surface area contributed by atoms with Crippen molar-refractivity contribution in [1.29, 1.82) is 0 Å². The number of nitrogens with one attached hydrogen (secondary N) is 2. The molecule has 7 heteroatoms. The van der Waals surface area contributed by atoms with Gasteiger partial charge >= 0.3 is 0 Å². The summed E-state index contributed by atoms with van der Waals surface area (Å²) in [6.07, 6.45) is 2.27. The summed E-state index contributed by atoms with van der Waals surface area (Å²) in [5, 5.41) is 6.92. The summed E-state index contributed by atoms with van der Waals surface area (Å²) < 4.78 is 4.74. The molecule has 2 aromatic heterocycles. The second-order valence-corrected chi connectivity index (χ2v) is 3.40. The number of aryl methyl sites for hydroxylation is 1. The van der Waals surface area contributed by atoms with Crippen LogP contribution in [0.2, 0.25) is 0 Å². The molecule has 0 atom stereocenters. The first kappa shape index (κ1) is 11.3. The van der Waals surface area contributed by atoms with E-state index in [-0.39, 0.29) is 0 Å². The van der Waals surface area contributed by atoms with Crippen LogP contribution in [0, 0.1) is 0 Å². The molecule has 0 unspecified atom stereocenters. The maximum Gasteiger partial charge on any atom is 0.145 e. The van der Waals surface area contributed by atoms with E-state index in [9.17, 15) is 0 Å². The summed E-state index contributed by atoms with van der Waals surface area (Å²) in [6, 6.07) is 3.52. The topological polar surface area (TPSA) is 102 Å². The highest BCUT2D eigenvalue weighted by Crippen LogP contribution is 2.11. The van der Waals surface area contributed by atoms with Gasteiger partial charge in [-0.1, -0.05) is 12.1 Å². The van der Waals surface area contributed by atoms with Gasteiger partial charge in [0.1, 0.15) is 29.4 Å². The number of rotatable bonds is 5. The Bertz CT molecular complexity index is 447. The maximum absolute atomic E-state index is 5.34. The van der Waals surface area contributed by atoms with Gasteiger partial charge in [-0.05, 0) is 0 Å². The number of nitrogens with zero attached hydrogens (tertiary/aromatic N) is 3. The average molecular weight is 234 g/mol. The van der Waals surface area contributed by atoms with Crippen molar-refractivity contribution in [1.82, 2.24) is 15.1 Å². The number of nitrogens with two attached hydrogens (primary N) is 1. The molecule has 0 aliphatic carbocycles. The summed E-state index contributed by atoms with van der Waals surface area (Å²) in [5.41, 5.74) is 3.32. The SMILES string of the molecule is CCc1nc(NN)cc(NCc2ccon2)n1. The number of hydrogen-bond donors (Lipinski definition) is 3. The minimum Gasteiger partial charge on any atom is -0.364 e. The predicted octanol–water partition coefficient (Wildman–Crippen LogP) is 0.925. The first-order valence-corrected chi connectivity index (χ1v) is 5.29. The first-order chi connectivity index (χ1) is 8.31. The largest absolute Gasteiger partial charge is 0.364 e. The van der Waals surface area contributed by atoms with Crippen LogP contribution < -0.4 is 16.6 Å². The Morgan fingerprint density at radius 1 is 1.35 bits per heavy atom. The molecule has 0 aliphatic rings. The van der Waals surface area contributed by atoms with Crippen molar-refractivity contribution in [2.75, 3.05) is 10.7 Å². The molecule has 0 spiro atoms. The van der Waals surface area contributed by atoms with Crippen molar-refractivity contribution >= 4 is 11.6 Å². The normalized spacial score (nSPS) is 10.2. The summed E-state index contributed by atoms with van der Waals surface area (Å²) in [5.74, 6) is 7.35. The van der Waals surface area contributed by atoms with Gasteiger partial charge in [-0.15, -0.1) is 0 Å². The molecule has 7 nitrogen and oxygen atoms in total. The van der Waals surface area contributed by atoms with Crippen LogP contribution in [0.15, 0.2) is 22.9 Å². The summed E-state index contributed by atoms with van der Waals surface area (Å²) in [7, 11) is 0. The van der Waals surface area contributed by atoms with E-state index in [1.807, 2.05) is 6.92 Å². The zero-order valence-electron chi connectivity index (χ0n) is 9.47. The molecule has 0 radical (unpaired) electrons. The molecule has 0 aliphatic heterocycles. The van der Waals surface area contributed by atoms with Gasteiger partial charge in [-0.2, -0.15) is 0 Å². The van der Waals surface area contributed by atoms with Crippen molar-refractivity contribution in [3.05, 3.63) is 29.9 Å². The molecule has 4 N–H and O–H groups in total. The monoisotopic (exact) mass is 234 g/mol. The van der Waals surface area contributed by atoms with Gasteiger partial charge in [0.2, 0.25) is 0 Å². The van der Waals surface area contributed by atoms with E-state index in [1.54, 1.807) is 12.1 Å². The molecule has 0 aromatic carbocycles. The lowest BCUT2D eigenvalue weighted by atomic mass is 10.4. The lowest BCUT2D eigenvalue weighted by Gasteiger charge is -2.07. The van der Waals surface area contributed by atoms with Crippen LogP contribution >= 0.6 is 0 Å². The van der Waals surface area contributed by atoms with Crippen molar-refractivity contribution in [2.45, 2.75) is 19.9 Å². The smallest absolute Gasteiger partial charge is 0.145 e. The van der Waals surface area contributed by atoms with E-state index < -0.39 is 0 Å². The third-order valence-corrected chi connectivity index (χ3v) is 2.18. The van der Waals surface area contributed by atoms with E-state index in [0.717, 1.165) is 17.9 Å². The van der Waals surface area contributed by atoms with Crippen LogP contribution in [0.3, 0.4) is 0 Å². The van der Waals surface area contributed by atoms with Crippen molar-refractivity contribution < 1.29 is 4.52 Å². The van der Waals surface area contributed by atoms with Gasteiger partial charge in [-0.3, -0.25) is 0 Å². The molecular formula is C10H14N6O. The lowest BCUT2D eigenvalue weighted by molar-refractivity contribution is 0.412. The van der Waals surface area contributed by atoms with Crippen molar-refractivity contribution in [3.63, 3.8) is 0 Å². The second kappa shape index (κ2) is 5.26. The van der Waals surface area contributed by atoms with Gasteiger partial charge < -0.3 is 15.3 Å². The Balaban J connectivity index is 2.09. The Kier molecular flexibility index (Phi) is 3.51. The predicted molar refractivity (Wildman–Crippen MR) is 63.0 cm³/mol. The zero-order chi connectivity index (χ0) is 12.1. The number of hydrazine groups is 1. The molecular weight excluding hydrogens is 220 g/mol. The van der Waals surface area contributed by atoms with Crippen molar-refractivity contribution in [3.8, 4) is 0 Å². The number of anilines is 2. The minimum absolute atomic E-state index is 0.542. The standard InChI is InChI=1S/C10H14N6O/c1-2-8-13-9(5-10(14-8)15-11)12-6-7-3-4-17-16-7/h3-5H,2,6,11H2,1H3,(H2,12,13,14,15). The Labute approximate surface area is 98.4 Å². The fourth-order valence-corrected chi connectivity index (χ4v) is 1.33. The fraction of sp³-hybridized carbons (Fsp3) is 0.300. The quantitative estimate of drug-likeness (QED) is 0.522. The molecule has 0 amide bonds. The van der Waals surface area contributed by atoms with Crippen LogP contribution in [0.5, 0.6) is 0 Å². The highest BCUT2D eigenvalue weighted by atomic mass is 16.5. The molecule has 2 aromatic rings. The van der Waals surface area contributed by atoms with E-state index in [1.165, 1.54) is 6.26 Å². The minimum atomic E-state index is 0.542. The van der Waals surface area contributed by atoms with E-state index >= 15 is 0 Å². The highest BCUT2D eigenvalue weighted by molar-refractivity contribution is 5.46. The van der Waals surface area contributed by atoms with Crippen LogP contribution in [-0.4, -0.2) is 15.1 Å². The molecule has 2 rings (SSSR count). The number of nitrogen functional groups attached to an aromatic ring is 1. The van der Waals surface area contributed by atoms with Crippen LogP contribution in [0.4, 0.5) is 11.6 Å². The third kappa shape index (κ3) is 2.91. The van der Waals surface area contributed by atoms with Crippen LogP contribution in [0.25, 0.3) is 0 Å². The average Bonchev–Trinajstić information content (AvgIpc) is 2.89. The molecule has 17 heavy (non-hydrogen) atoms. The summed E-state index contributed by atoms with van der Waals surface area (Å²) in [4.78, 5) is 8.52. The van der Waals surface area contributed by atoms with Gasteiger partial charge in [-0.25, -0.2) is 15.8 Å². The Hall–Kier alpha value is -2.15. The molecule has 0 saturated heterocycles. The molecule has 2 heterocycles. The van der Waals surface area contributed by atoms with Crippen molar-refractivity contribution in [2.24, 2.45) is 5.84 Å².